The van der Waals surface area contributed by atoms with E-state index in [9.17, 15) is 4.79 Å². The molecule has 0 radical (unpaired) electrons. The number of allylic oxidation sites excluding steroid dienone is 2. The van der Waals surface area contributed by atoms with Gasteiger partial charge in [-0.15, -0.1) is 0 Å². The van der Waals surface area contributed by atoms with Crippen molar-refractivity contribution in [1.29, 1.82) is 0 Å². The van der Waals surface area contributed by atoms with Gasteiger partial charge in [-0.3, -0.25) is 4.79 Å². The van der Waals surface area contributed by atoms with E-state index in [1.165, 1.54) is 5.56 Å². The predicted molar refractivity (Wildman–Crippen MR) is 80.7 cm³/mol. The molecule has 0 bridgehead atoms. The fourth-order valence-electron chi connectivity index (χ4n) is 1.84. The van der Waals surface area contributed by atoms with E-state index in [1.807, 2.05) is 24.3 Å². The minimum absolute atomic E-state index is 0.228. The summed E-state index contributed by atoms with van der Waals surface area (Å²) in [5, 5.41) is 3.27. The number of carbonyl (C=O) groups is 1. The van der Waals surface area contributed by atoms with E-state index in [-0.39, 0.29) is 5.78 Å². The zero-order valence-electron chi connectivity index (χ0n) is 12.3. The van der Waals surface area contributed by atoms with Gasteiger partial charge < -0.3 is 5.32 Å². The number of hydrogen-bond donors (Lipinski definition) is 1. The van der Waals surface area contributed by atoms with Crippen LogP contribution in [0.1, 0.15) is 45.6 Å². The molecule has 0 unspecified atom stereocenters. The summed E-state index contributed by atoms with van der Waals surface area (Å²) in [5.74, 6) is 0.799. The van der Waals surface area contributed by atoms with E-state index in [4.69, 9.17) is 0 Å². The average Bonchev–Trinajstić information content (AvgIpc) is 2.42. The quantitative estimate of drug-likeness (QED) is 0.713. The van der Waals surface area contributed by atoms with Gasteiger partial charge in [0.1, 0.15) is 0 Å². The first-order valence-corrected chi connectivity index (χ1v) is 7.14. The molecule has 104 valence electrons. The Kier molecular flexibility index (Phi) is 6.94. The molecule has 1 aromatic carbocycles. The molecule has 1 aromatic rings. The number of nitrogens with one attached hydrogen (secondary N) is 1. The molecule has 0 fully saturated rings. The van der Waals surface area contributed by atoms with Gasteiger partial charge in [-0.05, 0) is 24.3 Å². The number of rotatable bonds is 8. The van der Waals surface area contributed by atoms with Crippen LogP contribution >= 0.6 is 0 Å². The zero-order chi connectivity index (χ0) is 14.1. The lowest BCUT2D eigenvalue weighted by Gasteiger charge is -2.11. The number of hydrogen-bond acceptors (Lipinski definition) is 2. The Labute approximate surface area is 116 Å². The lowest BCUT2D eigenvalue weighted by Crippen LogP contribution is -2.20. The van der Waals surface area contributed by atoms with Crippen molar-refractivity contribution >= 4 is 5.78 Å². The Morgan fingerprint density at radius 3 is 2.53 bits per heavy atom. The van der Waals surface area contributed by atoms with Gasteiger partial charge >= 0.3 is 0 Å². The van der Waals surface area contributed by atoms with E-state index >= 15 is 0 Å². The summed E-state index contributed by atoms with van der Waals surface area (Å²) in [5.41, 5.74) is 1.97. The van der Waals surface area contributed by atoms with Gasteiger partial charge in [0.25, 0.3) is 0 Å². The first-order chi connectivity index (χ1) is 9.13. The molecule has 0 saturated heterocycles. The van der Waals surface area contributed by atoms with Crippen molar-refractivity contribution in [2.45, 2.75) is 46.6 Å². The molecule has 0 saturated carbocycles. The van der Waals surface area contributed by atoms with Crippen LogP contribution in [0.15, 0.2) is 42.1 Å². The van der Waals surface area contributed by atoms with Crippen molar-refractivity contribution in [1.82, 2.24) is 5.32 Å². The van der Waals surface area contributed by atoms with E-state index in [0.717, 1.165) is 18.5 Å². The van der Waals surface area contributed by atoms with Crippen LogP contribution in [-0.4, -0.2) is 5.78 Å². The minimum Gasteiger partial charge on any atom is -0.378 e. The van der Waals surface area contributed by atoms with Crippen LogP contribution in [0.5, 0.6) is 0 Å². The second-order valence-corrected chi connectivity index (χ2v) is 5.22. The molecule has 0 aromatic heterocycles. The zero-order valence-corrected chi connectivity index (χ0v) is 12.3. The van der Waals surface area contributed by atoms with Crippen molar-refractivity contribution in [3.63, 3.8) is 0 Å². The highest BCUT2D eigenvalue weighted by Gasteiger charge is 2.09. The van der Waals surface area contributed by atoms with Crippen LogP contribution in [0.25, 0.3) is 0 Å². The molecular weight excluding hydrogens is 234 g/mol. The Hall–Kier alpha value is -1.57. The molecule has 0 amide bonds. The molecular formula is C17H25NO. The standard InChI is InChI=1S/C17H25NO/c1-4-8-16(17(19)12-11-14(2)3)18-13-15-9-6-5-7-10-15/h5-10,14,18H,4,11-13H2,1-3H3/b16-8+. The summed E-state index contributed by atoms with van der Waals surface area (Å²) in [6.45, 7) is 7.06. The van der Waals surface area contributed by atoms with E-state index < -0.39 is 0 Å². The van der Waals surface area contributed by atoms with E-state index in [0.29, 0.717) is 18.9 Å². The van der Waals surface area contributed by atoms with Crippen LogP contribution in [-0.2, 0) is 11.3 Å². The summed E-state index contributed by atoms with van der Waals surface area (Å²) in [6.07, 6.45) is 4.45. The molecule has 0 atom stereocenters. The lowest BCUT2D eigenvalue weighted by atomic mass is 10.0. The smallest absolute Gasteiger partial charge is 0.178 e. The molecule has 2 heteroatoms. The molecule has 0 aliphatic carbocycles. The molecule has 0 aliphatic rings. The Balaban J connectivity index is 2.53. The normalized spacial score (nSPS) is 11.7. The molecule has 0 spiro atoms. The van der Waals surface area contributed by atoms with Crippen LogP contribution < -0.4 is 5.32 Å². The molecule has 0 aliphatic heterocycles. The first-order valence-electron chi connectivity index (χ1n) is 7.14. The van der Waals surface area contributed by atoms with Gasteiger partial charge in [0.05, 0.1) is 5.70 Å². The second-order valence-electron chi connectivity index (χ2n) is 5.22. The van der Waals surface area contributed by atoms with Crippen LogP contribution in [0.2, 0.25) is 0 Å². The van der Waals surface area contributed by atoms with Gasteiger partial charge in [-0.25, -0.2) is 0 Å². The Morgan fingerprint density at radius 1 is 1.26 bits per heavy atom. The van der Waals surface area contributed by atoms with E-state index in [2.05, 4.69) is 38.2 Å². The number of Topliss-reactive ketones (excluding diaryl/α,β-unsaturated/α-hetero) is 1. The average molecular weight is 259 g/mol. The fourth-order valence-corrected chi connectivity index (χ4v) is 1.84. The summed E-state index contributed by atoms with van der Waals surface area (Å²) in [4.78, 5) is 12.1. The largest absolute Gasteiger partial charge is 0.378 e. The Morgan fingerprint density at radius 2 is 1.95 bits per heavy atom. The van der Waals surface area contributed by atoms with Gasteiger partial charge in [0.15, 0.2) is 5.78 Å². The van der Waals surface area contributed by atoms with Gasteiger partial charge in [-0.1, -0.05) is 57.2 Å². The third-order valence-corrected chi connectivity index (χ3v) is 2.98. The number of carbonyl (C=O) groups excluding carboxylic acids is 1. The highest BCUT2D eigenvalue weighted by Crippen LogP contribution is 2.09. The second kappa shape index (κ2) is 8.52. The van der Waals surface area contributed by atoms with Gasteiger partial charge in [0, 0.05) is 13.0 Å². The summed E-state index contributed by atoms with van der Waals surface area (Å²) >= 11 is 0. The molecule has 2 nitrogen and oxygen atoms in total. The predicted octanol–water partition coefficient (Wildman–Crippen LogP) is 4.08. The highest BCUT2D eigenvalue weighted by molar-refractivity contribution is 5.94. The molecule has 19 heavy (non-hydrogen) atoms. The topological polar surface area (TPSA) is 29.1 Å². The van der Waals surface area contributed by atoms with Crippen molar-refractivity contribution in [2.24, 2.45) is 5.92 Å². The molecule has 1 rings (SSSR count). The maximum atomic E-state index is 12.1. The maximum absolute atomic E-state index is 12.1. The first kappa shape index (κ1) is 15.5. The minimum atomic E-state index is 0.228. The third kappa shape index (κ3) is 6.23. The summed E-state index contributed by atoms with van der Waals surface area (Å²) in [6, 6.07) is 10.2. The molecule has 1 N–H and O–H groups in total. The SMILES string of the molecule is CC/C=C(/NCc1ccccc1)C(=O)CCC(C)C. The van der Waals surface area contributed by atoms with Gasteiger partial charge in [-0.2, -0.15) is 0 Å². The van der Waals surface area contributed by atoms with Crippen LogP contribution in [0.3, 0.4) is 0 Å². The van der Waals surface area contributed by atoms with Crippen molar-refractivity contribution < 1.29 is 4.79 Å². The van der Waals surface area contributed by atoms with Crippen molar-refractivity contribution in [3.05, 3.63) is 47.7 Å². The number of benzene rings is 1. The van der Waals surface area contributed by atoms with Crippen molar-refractivity contribution in [2.75, 3.05) is 0 Å². The fraction of sp³-hybridized carbons (Fsp3) is 0.471. The molecule has 0 heterocycles. The summed E-state index contributed by atoms with van der Waals surface area (Å²) < 4.78 is 0. The van der Waals surface area contributed by atoms with Gasteiger partial charge in [0.2, 0.25) is 0 Å². The van der Waals surface area contributed by atoms with Crippen molar-refractivity contribution in [3.8, 4) is 0 Å². The van der Waals surface area contributed by atoms with E-state index in [1.54, 1.807) is 0 Å². The third-order valence-electron chi connectivity index (χ3n) is 2.98. The Bertz CT molecular complexity index is 407. The van der Waals surface area contributed by atoms with Crippen LogP contribution in [0.4, 0.5) is 0 Å². The van der Waals surface area contributed by atoms with Crippen LogP contribution in [0, 0.1) is 5.92 Å². The highest BCUT2D eigenvalue weighted by atomic mass is 16.1. The summed E-state index contributed by atoms with van der Waals surface area (Å²) in [7, 11) is 0. The number of ketones is 1. The maximum Gasteiger partial charge on any atom is 0.178 e. The lowest BCUT2D eigenvalue weighted by molar-refractivity contribution is -0.116. The monoisotopic (exact) mass is 259 g/mol.